The molecule has 2 N–H and O–H groups in total. The zero-order valence-electron chi connectivity index (χ0n) is 16.9. The summed E-state index contributed by atoms with van der Waals surface area (Å²) in [4.78, 5) is 7.58. The number of hydrogen-bond acceptors (Lipinski definition) is 2. The lowest BCUT2D eigenvalue weighted by Gasteiger charge is -2.33. The minimum Gasteiger partial charge on any atom is -0.357 e. The molecular formula is C23H36N4. The smallest absolute Gasteiger partial charge is 0.191 e. The minimum absolute atomic E-state index is 0.551. The van der Waals surface area contributed by atoms with E-state index >= 15 is 0 Å². The fourth-order valence-corrected chi connectivity index (χ4v) is 4.52. The van der Waals surface area contributed by atoms with Gasteiger partial charge in [-0.2, -0.15) is 0 Å². The van der Waals surface area contributed by atoms with Crippen LogP contribution in [0.15, 0.2) is 35.3 Å². The Morgan fingerprint density at radius 3 is 2.30 bits per heavy atom. The molecule has 0 atom stereocenters. The van der Waals surface area contributed by atoms with Crippen molar-refractivity contribution in [3.05, 3.63) is 35.9 Å². The lowest BCUT2D eigenvalue weighted by molar-refractivity contribution is 0.198. The lowest BCUT2D eigenvalue weighted by atomic mass is 9.98. The number of rotatable bonds is 8. The van der Waals surface area contributed by atoms with Crippen LogP contribution in [0.5, 0.6) is 0 Å². The maximum absolute atomic E-state index is 5.00. The van der Waals surface area contributed by atoms with Crippen molar-refractivity contribution in [3.8, 4) is 0 Å². The average Bonchev–Trinajstić information content (AvgIpc) is 3.59. The molecule has 0 unspecified atom stereocenters. The van der Waals surface area contributed by atoms with Gasteiger partial charge < -0.3 is 10.6 Å². The quantitative estimate of drug-likeness (QED) is 0.544. The first-order valence-electron chi connectivity index (χ1n) is 11.1. The fraction of sp³-hybridized carbons (Fsp3) is 0.696. The molecule has 1 aromatic carbocycles. The zero-order valence-corrected chi connectivity index (χ0v) is 16.9. The van der Waals surface area contributed by atoms with Crippen LogP contribution in [0.3, 0.4) is 0 Å². The zero-order chi connectivity index (χ0) is 18.5. The van der Waals surface area contributed by atoms with E-state index in [9.17, 15) is 0 Å². The molecule has 3 aliphatic rings. The second kappa shape index (κ2) is 9.09. The Kier molecular flexibility index (Phi) is 6.33. The summed E-state index contributed by atoms with van der Waals surface area (Å²) in [6, 6.07) is 11.4. The number of nitrogens with one attached hydrogen (secondary N) is 2. The monoisotopic (exact) mass is 368 g/mol. The molecule has 4 heteroatoms. The number of nitrogens with zero attached hydrogens (tertiary/aromatic N) is 2. The first-order valence-corrected chi connectivity index (χ1v) is 11.1. The average molecular weight is 369 g/mol. The second-order valence-electron chi connectivity index (χ2n) is 8.74. The number of likely N-dealkylation sites (tertiary alicyclic amines) is 1. The molecule has 2 aliphatic carbocycles. The maximum atomic E-state index is 5.00. The van der Waals surface area contributed by atoms with E-state index in [1.165, 1.54) is 57.2 Å². The van der Waals surface area contributed by atoms with Crippen molar-refractivity contribution in [2.24, 2.45) is 22.7 Å². The highest BCUT2D eigenvalue weighted by atomic mass is 15.2. The summed E-state index contributed by atoms with van der Waals surface area (Å²) in [5.74, 6) is 3.86. The summed E-state index contributed by atoms with van der Waals surface area (Å²) in [6.45, 7) is 7.54. The summed E-state index contributed by atoms with van der Waals surface area (Å²) in [6.07, 6.45) is 8.18. The number of aliphatic imine (C=N–C) groups is 1. The van der Waals surface area contributed by atoms with E-state index in [0.29, 0.717) is 6.04 Å². The molecule has 0 amide bonds. The SMILES string of the molecule is CCNC(=NCC(C1CC1)C1CC1)NC1CCN(Cc2ccccc2)CC1. The van der Waals surface area contributed by atoms with Crippen LogP contribution < -0.4 is 10.6 Å². The van der Waals surface area contributed by atoms with Crippen LogP contribution in [0.25, 0.3) is 0 Å². The van der Waals surface area contributed by atoms with Crippen LogP contribution in [0.2, 0.25) is 0 Å². The number of piperidine rings is 1. The molecule has 1 aromatic rings. The van der Waals surface area contributed by atoms with Crippen LogP contribution in [-0.4, -0.2) is 43.1 Å². The predicted octanol–water partition coefficient (Wildman–Crippen LogP) is 3.64. The molecule has 3 fully saturated rings. The van der Waals surface area contributed by atoms with Gasteiger partial charge in [0.05, 0.1) is 0 Å². The Morgan fingerprint density at radius 2 is 1.70 bits per heavy atom. The highest BCUT2D eigenvalue weighted by Crippen LogP contribution is 2.49. The first-order chi connectivity index (χ1) is 13.3. The van der Waals surface area contributed by atoms with E-state index in [1.807, 2.05) is 0 Å². The van der Waals surface area contributed by atoms with Gasteiger partial charge in [0.2, 0.25) is 0 Å². The predicted molar refractivity (Wildman–Crippen MR) is 113 cm³/mol. The van der Waals surface area contributed by atoms with Crippen molar-refractivity contribution in [2.75, 3.05) is 26.2 Å². The van der Waals surface area contributed by atoms with Crippen LogP contribution in [0.4, 0.5) is 0 Å². The van der Waals surface area contributed by atoms with Crippen molar-refractivity contribution in [3.63, 3.8) is 0 Å². The lowest BCUT2D eigenvalue weighted by Crippen LogP contribution is -2.48. The van der Waals surface area contributed by atoms with Gasteiger partial charge in [0.25, 0.3) is 0 Å². The fourth-order valence-electron chi connectivity index (χ4n) is 4.52. The van der Waals surface area contributed by atoms with Crippen LogP contribution in [-0.2, 0) is 6.54 Å². The van der Waals surface area contributed by atoms with E-state index in [-0.39, 0.29) is 0 Å². The molecule has 148 valence electrons. The van der Waals surface area contributed by atoms with Crippen LogP contribution in [0, 0.1) is 17.8 Å². The van der Waals surface area contributed by atoms with Gasteiger partial charge in [0.15, 0.2) is 5.96 Å². The summed E-state index contributed by atoms with van der Waals surface area (Å²) in [5, 5.41) is 7.21. The summed E-state index contributed by atoms with van der Waals surface area (Å²) in [7, 11) is 0. The number of hydrogen-bond donors (Lipinski definition) is 2. The van der Waals surface area contributed by atoms with Gasteiger partial charge in [-0.1, -0.05) is 30.3 Å². The third-order valence-corrected chi connectivity index (χ3v) is 6.44. The molecule has 0 radical (unpaired) electrons. The third kappa shape index (κ3) is 5.71. The topological polar surface area (TPSA) is 39.7 Å². The van der Waals surface area contributed by atoms with Gasteiger partial charge in [-0.3, -0.25) is 9.89 Å². The summed E-state index contributed by atoms with van der Waals surface area (Å²) < 4.78 is 0. The molecule has 1 saturated heterocycles. The first kappa shape index (κ1) is 18.8. The van der Waals surface area contributed by atoms with Crippen LogP contribution in [0.1, 0.15) is 51.0 Å². The molecule has 0 spiro atoms. The van der Waals surface area contributed by atoms with E-state index in [2.05, 4.69) is 52.8 Å². The van der Waals surface area contributed by atoms with Crippen molar-refractivity contribution in [1.29, 1.82) is 0 Å². The summed E-state index contributed by atoms with van der Waals surface area (Å²) >= 11 is 0. The molecule has 1 aliphatic heterocycles. The van der Waals surface area contributed by atoms with E-state index in [4.69, 9.17) is 4.99 Å². The van der Waals surface area contributed by atoms with E-state index < -0.39 is 0 Å². The summed E-state index contributed by atoms with van der Waals surface area (Å²) in [5.41, 5.74) is 1.42. The standard InChI is InChI=1S/C23H36N4/c1-2-24-23(25-16-22(19-8-9-19)20-10-11-20)26-21-12-14-27(15-13-21)17-18-6-4-3-5-7-18/h3-7,19-22H,2,8-17H2,1H3,(H2,24,25,26). The molecule has 2 saturated carbocycles. The van der Waals surface area contributed by atoms with Crippen LogP contribution >= 0.6 is 0 Å². The number of guanidine groups is 1. The van der Waals surface area contributed by atoms with Gasteiger partial charge in [0, 0.05) is 38.8 Å². The molecular weight excluding hydrogens is 332 g/mol. The van der Waals surface area contributed by atoms with E-state index in [0.717, 1.165) is 43.3 Å². The van der Waals surface area contributed by atoms with Crippen molar-refractivity contribution in [2.45, 2.75) is 58.0 Å². The van der Waals surface area contributed by atoms with Gasteiger partial charge in [-0.05, 0) is 68.8 Å². The highest BCUT2D eigenvalue weighted by molar-refractivity contribution is 5.80. The molecule has 1 heterocycles. The van der Waals surface area contributed by atoms with Crippen molar-refractivity contribution in [1.82, 2.24) is 15.5 Å². The minimum atomic E-state index is 0.551. The Balaban J connectivity index is 1.24. The number of benzene rings is 1. The normalized spacial score (nSPS) is 22.2. The Bertz CT molecular complexity index is 586. The third-order valence-electron chi connectivity index (χ3n) is 6.44. The van der Waals surface area contributed by atoms with Crippen molar-refractivity contribution >= 4 is 5.96 Å². The highest BCUT2D eigenvalue weighted by Gasteiger charge is 2.41. The Labute approximate surface area is 164 Å². The second-order valence-corrected chi connectivity index (χ2v) is 8.74. The molecule has 0 aromatic heterocycles. The Hall–Kier alpha value is -1.55. The molecule has 4 rings (SSSR count). The van der Waals surface area contributed by atoms with Gasteiger partial charge >= 0.3 is 0 Å². The largest absolute Gasteiger partial charge is 0.357 e. The molecule has 0 bridgehead atoms. The maximum Gasteiger partial charge on any atom is 0.191 e. The van der Waals surface area contributed by atoms with Gasteiger partial charge in [-0.25, -0.2) is 0 Å². The van der Waals surface area contributed by atoms with Crippen molar-refractivity contribution < 1.29 is 0 Å². The van der Waals surface area contributed by atoms with E-state index in [1.54, 1.807) is 0 Å². The molecule has 27 heavy (non-hydrogen) atoms. The van der Waals surface area contributed by atoms with Gasteiger partial charge in [-0.15, -0.1) is 0 Å². The Morgan fingerprint density at radius 1 is 1.04 bits per heavy atom. The molecule has 4 nitrogen and oxygen atoms in total. The van der Waals surface area contributed by atoms with Gasteiger partial charge in [0.1, 0.15) is 0 Å².